The van der Waals surface area contributed by atoms with Gasteiger partial charge in [0.1, 0.15) is 0 Å². The summed E-state index contributed by atoms with van der Waals surface area (Å²) in [6, 6.07) is 7.96. The second kappa shape index (κ2) is 2.90. The molecule has 1 aromatic carbocycles. The molecule has 2 rings (SSSR count). The Morgan fingerprint density at radius 1 is 1.38 bits per heavy atom. The minimum Gasteiger partial charge on any atom is -0.359 e. The molecule has 0 aliphatic heterocycles. The van der Waals surface area contributed by atoms with E-state index in [0.29, 0.717) is 5.56 Å². The Kier molecular flexibility index (Phi) is 1.86. The van der Waals surface area contributed by atoms with Gasteiger partial charge in [-0.2, -0.15) is 5.26 Å². The molecule has 0 radical (unpaired) electrons. The minimum absolute atomic E-state index is 0.703. The van der Waals surface area contributed by atoms with Crippen LogP contribution in [0.2, 0.25) is 0 Å². The van der Waals surface area contributed by atoms with Gasteiger partial charge in [0.15, 0.2) is 0 Å². The molecular weight excluding hydrogens is 228 g/mol. The van der Waals surface area contributed by atoms with Crippen LogP contribution in [0.15, 0.2) is 22.7 Å². The van der Waals surface area contributed by atoms with E-state index in [1.807, 2.05) is 25.1 Å². The van der Waals surface area contributed by atoms with Crippen LogP contribution in [0.4, 0.5) is 0 Å². The fourth-order valence-electron chi connectivity index (χ4n) is 1.43. The van der Waals surface area contributed by atoms with Gasteiger partial charge < -0.3 is 4.98 Å². The number of hydrogen-bond donors (Lipinski definition) is 1. The maximum absolute atomic E-state index is 8.88. The fraction of sp³-hybridized carbons (Fsp3) is 0.100. The summed E-state index contributed by atoms with van der Waals surface area (Å²) >= 11 is 3.36. The zero-order chi connectivity index (χ0) is 9.42. The van der Waals surface area contributed by atoms with Crippen molar-refractivity contribution in [1.82, 2.24) is 4.98 Å². The van der Waals surface area contributed by atoms with Crippen molar-refractivity contribution in [3.8, 4) is 6.07 Å². The first kappa shape index (κ1) is 8.33. The molecular formula is C10H7BrN2. The molecule has 0 bridgehead atoms. The van der Waals surface area contributed by atoms with Crippen molar-refractivity contribution in [2.45, 2.75) is 6.92 Å². The molecule has 0 unspecified atom stereocenters. The predicted molar refractivity (Wildman–Crippen MR) is 55.5 cm³/mol. The average molecular weight is 235 g/mol. The summed E-state index contributed by atoms with van der Waals surface area (Å²) in [6.07, 6.45) is 0. The summed E-state index contributed by atoms with van der Waals surface area (Å²) in [5, 5.41) is 9.87. The lowest BCUT2D eigenvalue weighted by molar-refractivity contribution is 1.30. The van der Waals surface area contributed by atoms with Gasteiger partial charge >= 0.3 is 0 Å². The molecule has 0 fully saturated rings. The van der Waals surface area contributed by atoms with E-state index in [-0.39, 0.29) is 0 Å². The number of benzene rings is 1. The third kappa shape index (κ3) is 1.34. The van der Waals surface area contributed by atoms with Crippen LogP contribution in [-0.2, 0) is 0 Å². The van der Waals surface area contributed by atoms with Crippen LogP contribution >= 0.6 is 15.9 Å². The number of nitrogens with zero attached hydrogens (tertiary/aromatic N) is 1. The molecule has 2 aromatic rings. The van der Waals surface area contributed by atoms with Gasteiger partial charge in [-0.25, -0.2) is 0 Å². The Bertz CT molecular complexity index is 505. The van der Waals surface area contributed by atoms with E-state index in [0.717, 1.165) is 21.1 Å². The number of aromatic amines is 1. The fourth-order valence-corrected chi connectivity index (χ4v) is 1.89. The highest BCUT2D eigenvalue weighted by Gasteiger charge is 2.04. The minimum atomic E-state index is 0.703. The quantitative estimate of drug-likeness (QED) is 0.748. The molecule has 3 heteroatoms. The van der Waals surface area contributed by atoms with Crippen molar-refractivity contribution in [1.29, 1.82) is 5.26 Å². The number of nitriles is 1. The van der Waals surface area contributed by atoms with Gasteiger partial charge in [0.05, 0.1) is 11.6 Å². The molecule has 1 heterocycles. The Hall–Kier alpha value is -1.27. The van der Waals surface area contributed by atoms with Crippen molar-refractivity contribution >= 4 is 26.8 Å². The summed E-state index contributed by atoms with van der Waals surface area (Å²) in [4.78, 5) is 3.19. The van der Waals surface area contributed by atoms with Gasteiger partial charge in [0.2, 0.25) is 0 Å². The summed E-state index contributed by atoms with van der Waals surface area (Å²) in [6.45, 7) is 1.98. The molecule has 0 saturated carbocycles. The van der Waals surface area contributed by atoms with E-state index < -0.39 is 0 Å². The molecule has 0 saturated heterocycles. The van der Waals surface area contributed by atoms with Crippen LogP contribution in [0.3, 0.4) is 0 Å². The molecule has 64 valence electrons. The standard InChI is InChI=1S/C10H7BrN2/c1-6-2-9-7(5-12)3-8(11)4-10(9)13-6/h2-4,13H,1H3. The molecule has 0 aliphatic rings. The van der Waals surface area contributed by atoms with Gasteiger partial charge in [0, 0.05) is 21.1 Å². The molecule has 0 atom stereocenters. The average Bonchev–Trinajstić information content (AvgIpc) is 2.43. The number of hydrogen-bond acceptors (Lipinski definition) is 1. The third-order valence-corrected chi connectivity index (χ3v) is 2.42. The van der Waals surface area contributed by atoms with Gasteiger partial charge in [-0.15, -0.1) is 0 Å². The smallest absolute Gasteiger partial charge is 0.0999 e. The van der Waals surface area contributed by atoms with Gasteiger partial charge in [0.25, 0.3) is 0 Å². The second-order valence-corrected chi connectivity index (χ2v) is 3.89. The van der Waals surface area contributed by atoms with Crippen molar-refractivity contribution < 1.29 is 0 Å². The Morgan fingerprint density at radius 3 is 2.85 bits per heavy atom. The zero-order valence-electron chi connectivity index (χ0n) is 7.06. The Morgan fingerprint density at radius 2 is 2.15 bits per heavy atom. The lowest BCUT2D eigenvalue weighted by Crippen LogP contribution is -1.76. The number of aryl methyl sites for hydroxylation is 1. The lowest BCUT2D eigenvalue weighted by Gasteiger charge is -1.94. The van der Waals surface area contributed by atoms with Crippen molar-refractivity contribution in [3.05, 3.63) is 33.9 Å². The number of halogens is 1. The topological polar surface area (TPSA) is 39.6 Å². The molecule has 2 nitrogen and oxygen atoms in total. The number of nitrogens with one attached hydrogen (secondary N) is 1. The first-order valence-electron chi connectivity index (χ1n) is 3.89. The number of H-pyrrole nitrogens is 1. The van der Waals surface area contributed by atoms with E-state index in [4.69, 9.17) is 5.26 Å². The SMILES string of the molecule is Cc1cc2c(C#N)cc(Br)cc2[nH]1. The molecule has 1 N–H and O–H groups in total. The maximum Gasteiger partial charge on any atom is 0.0999 e. The summed E-state index contributed by atoms with van der Waals surface area (Å²) < 4.78 is 0.929. The van der Waals surface area contributed by atoms with Crippen LogP contribution in [0.25, 0.3) is 10.9 Å². The van der Waals surface area contributed by atoms with E-state index in [9.17, 15) is 0 Å². The first-order chi connectivity index (χ1) is 6.20. The maximum atomic E-state index is 8.88. The van der Waals surface area contributed by atoms with Crippen molar-refractivity contribution in [2.75, 3.05) is 0 Å². The van der Waals surface area contributed by atoms with Gasteiger partial charge in [-0.3, -0.25) is 0 Å². The summed E-state index contributed by atoms with van der Waals surface area (Å²) in [7, 11) is 0. The summed E-state index contributed by atoms with van der Waals surface area (Å²) in [5.41, 5.74) is 2.78. The Balaban J connectivity index is 2.90. The van der Waals surface area contributed by atoms with Gasteiger partial charge in [-0.05, 0) is 25.1 Å². The first-order valence-corrected chi connectivity index (χ1v) is 4.69. The van der Waals surface area contributed by atoms with Crippen LogP contribution in [0.1, 0.15) is 11.3 Å². The monoisotopic (exact) mass is 234 g/mol. The highest BCUT2D eigenvalue weighted by atomic mass is 79.9. The normalized spacial score (nSPS) is 10.2. The van der Waals surface area contributed by atoms with Crippen LogP contribution in [0, 0.1) is 18.3 Å². The number of aromatic nitrogens is 1. The van der Waals surface area contributed by atoms with Gasteiger partial charge in [-0.1, -0.05) is 15.9 Å². The van der Waals surface area contributed by atoms with E-state index in [2.05, 4.69) is 27.0 Å². The number of rotatable bonds is 0. The number of fused-ring (bicyclic) bond motifs is 1. The lowest BCUT2D eigenvalue weighted by atomic mass is 10.1. The van der Waals surface area contributed by atoms with Crippen molar-refractivity contribution in [3.63, 3.8) is 0 Å². The third-order valence-electron chi connectivity index (χ3n) is 1.96. The van der Waals surface area contributed by atoms with E-state index in [1.54, 1.807) is 0 Å². The molecule has 0 aliphatic carbocycles. The molecule has 1 aromatic heterocycles. The second-order valence-electron chi connectivity index (χ2n) is 2.98. The highest BCUT2D eigenvalue weighted by molar-refractivity contribution is 9.10. The Labute approximate surface area is 84.3 Å². The van der Waals surface area contributed by atoms with Crippen molar-refractivity contribution in [2.24, 2.45) is 0 Å². The molecule has 0 amide bonds. The largest absolute Gasteiger partial charge is 0.359 e. The zero-order valence-corrected chi connectivity index (χ0v) is 8.64. The summed E-state index contributed by atoms with van der Waals surface area (Å²) in [5.74, 6) is 0. The molecule has 13 heavy (non-hydrogen) atoms. The van der Waals surface area contributed by atoms with E-state index in [1.165, 1.54) is 0 Å². The highest BCUT2D eigenvalue weighted by Crippen LogP contribution is 2.24. The van der Waals surface area contributed by atoms with Crippen LogP contribution in [-0.4, -0.2) is 4.98 Å². The van der Waals surface area contributed by atoms with E-state index >= 15 is 0 Å². The molecule has 0 spiro atoms. The predicted octanol–water partition coefficient (Wildman–Crippen LogP) is 3.11. The van der Waals surface area contributed by atoms with Crippen LogP contribution < -0.4 is 0 Å². The van der Waals surface area contributed by atoms with Crippen LogP contribution in [0.5, 0.6) is 0 Å².